The van der Waals surface area contributed by atoms with Crippen LogP contribution in [0.15, 0.2) is 60.9 Å². The molecule has 0 saturated heterocycles. The van der Waals surface area contributed by atoms with Gasteiger partial charge in [0.1, 0.15) is 5.82 Å². The van der Waals surface area contributed by atoms with Gasteiger partial charge in [0.15, 0.2) is 0 Å². The summed E-state index contributed by atoms with van der Waals surface area (Å²) < 4.78 is 13.0. The third kappa shape index (κ3) is 4.06. The van der Waals surface area contributed by atoms with Gasteiger partial charge in [-0.15, -0.1) is 0 Å². The van der Waals surface area contributed by atoms with Gasteiger partial charge in [-0.1, -0.05) is 25.1 Å². The molecule has 3 rings (SSSR count). The van der Waals surface area contributed by atoms with E-state index < -0.39 is 0 Å². The Morgan fingerprint density at radius 1 is 1.08 bits per heavy atom. The fourth-order valence-corrected chi connectivity index (χ4v) is 2.72. The van der Waals surface area contributed by atoms with Crippen molar-refractivity contribution in [3.63, 3.8) is 0 Å². The molecule has 0 radical (unpaired) electrons. The number of carbonyl (C=O) groups is 1. The van der Waals surface area contributed by atoms with Crippen LogP contribution in [0.3, 0.4) is 0 Å². The Hall–Kier alpha value is -3.21. The lowest BCUT2D eigenvalue weighted by Crippen LogP contribution is -2.14. The van der Waals surface area contributed by atoms with Crippen molar-refractivity contribution in [1.82, 2.24) is 4.98 Å². The number of para-hydroxylation sites is 1. The van der Waals surface area contributed by atoms with Gasteiger partial charge in [-0.25, -0.2) is 4.39 Å². The highest BCUT2D eigenvalue weighted by atomic mass is 19.1. The van der Waals surface area contributed by atoms with Crippen molar-refractivity contribution in [2.45, 2.75) is 20.3 Å². The lowest BCUT2D eigenvalue weighted by atomic mass is 10.1. The number of benzene rings is 2. The smallest absolute Gasteiger partial charge is 0.257 e. The topological polar surface area (TPSA) is 54.0 Å². The van der Waals surface area contributed by atoms with Crippen LogP contribution in [0.5, 0.6) is 0 Å². The quantitative estimate of drug-likeness (QED) is 0.675. The minimum atomic E-state index is -0.299. The molecule has 0 fully saturated rings. The van der Waals surface area contributed by atoms with Gasteiger partial charge in [-0.3, -0.25) is 9.78 Å². The van der Waals surface area contributed by atoms with Gasteiger partial charge in [0, 0.05) is 17.6 Å². The normalized spacial score (nSPS) is 10.4. The van der Waals surface area contributed by atoms with Gasteiger partial charge >= 0.3 is 0 Å². The van der Waals surface area contributed by atoms with Crippen LogP contribution in [0.25, 0.3) is 0 Å². The third-order valence-electron chi connectivity index (χ3n) is 4.11. The summed E-state index contributed by atoms with van der Waals surface area (Å²) >= 11 is 0. The number of aromatic nitrogens is 1. The van der Waals surface area contributed by atoms with Crippen LogP contribution in [0.4, 0.5) is 21.5 Å². The Morgan fingerprint density at radius 3 is 2.58 bits per heavy atom. The number of nitrogens with one attached hydrogen (secondary N) is 2. The van der Waals surface area contributed by atoms with Gasteiger partial charge in [0.2, 0.25) is 0 Å². The van der Waals surface area contributed by atoms with E-state index in [4.69, 9.17) is 0 Å². The number of rotatable bonds is 5. The lowest BCUT2D eigenvalue weighted by Gasteiger charge is -2.13. The van der Waals surface area contributed by atoms with Crippen molar-refractivity contribution in [2.24, 2.45) is 0 Å². The van der Waals surface area contributed by atoms with Gasteiger partial charge < -0.3 is 10.6 Å². The first-order chi connectivity index (χ1) is 12.6. The summed E-state index contributed by atoms with van der Waals surface area (Å²) in [6, 6.07) is 13.7. The first kappa shape index (κ1) is 17.6. The predicted octanol–water partition coefficient (Wildman–Crippen LogP) is 5.09. The number of nitrogens with zero attached hydrogens (tertiary/aromatic N) is 1. The summed E-state index contributed by atoms with van der Waals surface area (Å²) in [6.45, 7) is 4.03. The second-order valence-corrected chi connectivity index (χ2v) is 6.01. The summed E-state index contributed by atoms with van der Waals surface area (Å²) in [6.07, 6.45) is 3.97. The van der Waals surface area contributed by atoms with E-state index in [1.807, 2.05) is 25.1 Å². The Kier molecular flexibility index (Phi) is 5.27. The van der Waals surface area contributed by atoms with E-state index in [2.05, 4.69) is 22.5 Å². The van der Waals surface area contributed by atoms with E-state index in [1.165, 1.54) is 18.3 Å². The van der Waals surface area contributed by atoms with Crippen LogP contribution in [0.1, 0.15) is 28.4 Å². The monoisotopic (exact) mass is 349 g/mol. The maximum absolute atomic E-state index is 13.0. The van der Waals surface area contributed by atoms with Crippen molar-refractivity contribution < 1.29 is 9.18 Å². The highest BCUT2D eigenvalue weighted by Gasteiger charge is 2.11. The Bertz CT molecular complexity index is 923. The Labute approximate surface area is 152 Å². The number of halogens is 1. The van der Waals surface area contributed by atoms with Crippen LogP contribution in [-0.2, 0) is 6.42 Å². The van der Waals surface area contributed by atoms with Crippen molar-refractivity contribution in [1.29, 1.82) is 0 Å². The summed E-state index contributed by atoms with van der Waals surface area (Å²) in [7, 11) is 0. The predicted molar refractivity (Wildman–Crippen MR) is 102 cm³/mol. The zero-order chi connectivity index (χ0) is 18.5. The van der Waals surface area contributed by atoms with Gasteiger partial charge in [-0.2, -0.15) is 0 Å². The molecule has 0 atom stereocenters. The lowest BCUT2D eigenvalue weighted by molar-refractivity contribution is 0.102. The molecule has 0 saturated carbocycles. The van der Waals surface area contributed by atoms with E-state index in [9.17, 15) is 9.18 Å². The molecule has 26 heavy (non-hydrogen) atoms. The molecular weight excluding hydrogens is 329 g/mol. The maximum atomic E-state index is 13.0. The summed E-state index contributed by atoms with van der Waals surface area (Å²) in [5, 5.41) is 6.10. The molecule has 2 aromatic carbocycles. The van der Waals surface area contributed by atoms with Crippen LogP contribution in [-0.4, -0.2) is 10.9 Å². The average Bonchev–Trinajstić information content (AvgIpc) is 2.65. The van der Waals surface area contributed by atoms with Crippen LogP contribution in [0.2, 0.25) is 0 Å². The molecular formula is C21H20FN3O. The molecule has 1 aromatic heterocycles. The van der Waals surface area contributed by atoms with E-state index in [-0.39, 0.29) is 11.7 Å². The molecule has 0 aliphatic rings. The summed E-state index contributed by atoms with van der Waals surface area (Å²) in [5.41, 5.74) is 4.78. The number of hydrogen-bond acceptors (Lipinski definition) is 3. The first-order valence-electron chi connectivity index (χ1n) is 8.44. The SMILES string of the molecule is CCc1cccc(C)c1NC(=O)c1cncc(Nc2ccc(F)cc2)c1. The standard InChI is InChI=1S/C21H20FN3O/c1-3-15-6-4-5-14(2)20(15)25-21(26)16-11-19(13-23-12-16)24-18-9-7-17(22)8-10-18/h4-13,24H,3H2,1-2H3,(H,25,26). The first-order valence-corrected chi connectivity index (χ1v) is 8.44. The van der Waals surface area contributed by atoms with Crippen molar-refractivity contribution in [3.8, 4) is 0 Å². The van der Waals surface area contributed by atoms with Gasteiger partial charge in [-0.05, 0) is 54.8 Å². The maximum Gasteiger partial charge on any atom is 0.257 e. The number of carbonyl (C=O) groups excluding carboxylic acids is 1. The number of aryl methyl sites for hydroxylation is 2. The van der Waals surface area contributed by atoms with Crippen LogP contribution < -0.4 is 10.6 Å². The highest BCUT2D eigenvalue weighted by molar-refractivity contribution is 6.05. The molecule has 4 nitrogen and oxygen atoms in total. The van der Waals surface area contributed by atoms with Crippen molar-refractivity contribution >= 4 is 23.0 Å². The fourth-order valence-electron chi connectivity index (χ4n) is 2.72. The molecule has 1 heterocycles. The summed E-state index contributed by atoms with van der Waals surface area (Å²) in [5.74, 6) is -0.518. The largest absolute Gasteiger partial charge is 0.354 e. The Balaban J connectivity index is 1.79. The number of anilines is 3. The van der Waals surface area contributed by atoms with E-state index >= 15 is 0 Å². The molecule has 2 N–H and O–H groups in total. The fraction of sp³-hybridized carbons (Fsp3) is 0.143. The molecule has 0 aliphatic carbocycles. The van der Waals surface area contributed by atoms with Gasteiger partial charge in [0.25, 0.3) is 5.91 Å². The molecule has 1 amide bonds. The van der Waals surface area contributed by atoms with Crippen LogP contribution in [0, 0.1) is 12.7 Å². The zero-order valence-corrected chi connectivity index (χ0v) is 14.7. The molecule has 3 aromatic rings. The van der Waals surface area contributed by atoms with E-state index in [0.717, 1.165) is 28.9 Å². The second-order valence-electron chi connectivity index (χ2n) is 6.01. The second kappa shape index (κ2) is 7.78. The third-order valence-corrected chi connectivity index (χ3v) is 4.11. The number of hydrogen-bond donors (Lipinski definition) is 2. The minimum absolute atomic E-state index is 0.218. The zero-order valence-electron chi connectivity index (χ0n) is 14.7. The molecule has 5 heteroatoms. The Morgan fingerprint density at radius 2 is 1.85 bits per heavy atom. The molecule has 0 bridgehead atoms. The summed E-state index contributed by atoms with van der Waals surface area (Å²) in [4.78, 5) is 16.8. The van der Waals surface area contributed by atoms with E-state index in [1.54, 1.807) is 24.4 Å². The van der Waals surface area contributed by atoms with Crippen LogP contribution >= 0.6 is 0 Å². The average molecular weight is 349 g/mol. The molecule has 132 valence electrons. The van der Waals surface area contributed by atoms with Crippen molar-refractivity contribution in [2.75, 3.05) is 10.6 Å². The molecule has 0 unspecified atom stereocenters. The van der Waals surface area contributed by atoms with Crippen molar-refractivity contribution in [3.05, 3.63) is 83.4 Å². The highest BCUT2D eigenvalue weighted by Crippen LogP contribution is 2.23. The van der Waals surface area contributed by atoms with Gasteiger partial charge in [0.05, 0.1) is 17.4 Å². The molecule has 0 aliphatic heterocycles. The minimum Gasteiger partial charge on any atom is -0.354 e. The van der Waals surface area contributed by atoms with E-state index in [0.29, 0.717) is 11.3 Å². The number of amides is 1. The number of pyridine rings is 1. The molecule has 0 spiro atoms.